The molecule has 26 heavy (non-hydrogen) atoms. The van der Waals surface area contributed by atoms with Crippen molar-refractivity contribution in [3.05, 3.63) is 60.7 Å². The fourth-order valence-electron chi connectivity index (χ4n) is 2.52. The maximum atomic E-state index is 11.9. The highest BCUT2D eigenvalue weighted by atomic mass is 32.2. The number of nitrogens with zero attached hydrogens (tertiary/aromatic N) is 1. The van der Waals surface area contributed by atoms with Crippen molar-refractivity contribution < 1.29 is 23.1 Å². The number of methoxy groups -OCH3 is 1. The number of sulfone groups is 1. The Morgan fingerprint density at radius 3 is 2.38 bits per heavy atom. The lowest BCUT2D eigenvalue weighted by Gasteiger charge is -2.22. The Kier molecular flexibility index (Phi) is 6.05. The van der Waals surface area contributed by atoms with Crippen molar-refractivity contribution in [3.63, 3.8) is 0 Å². The van der Waals surface area contributed by atoms with Gasteiger partial charge in [-0.3, -0.25) is 0 Å². The van der Waals surface area contributed by atoms with E-state index in [1.54, 1.807) is 31.2 Å². The highest BCUT2D eigenvalue weighted by Crippen LogP contribution is 2.35. The highest BCUT2D eigenvalue weighted by molar-refractivity contribution is 7.91. The standard InChI is InChI=1S/C19H21NO5S/c1-4-6-14-7-12-17(18(13-14)25-3)20(19(21)22)15-8-10-16(11-9-15)26(23,24)5-2/h4,7-13H,1,5-6H2,2-3H3,(H,21,22). The first-order chi connectivity index (χ1) is 12.3. The van der Waals surface area contributed by atoms with Gasteiger partial charge in [0.1, 0.15) is 5.75 Å². The minimum absolute atomic E-state index is 0.0203. The molecule has 0 bridgehead atoms. The van der Waals surface area contributed by atoms with Crippen molar-refractivity contribution in [2.45, 2.75) is 18.2 Å². The fraction of sp³-hybridized carbons (Fsp3) is 0.211. The van der Waals surface area contributed by atoms with Crippen LogP contribution in [0.4, 0.5) is 16.2 Å². The van der Waals surface area contributed by atoms with Crippen LogP contribution in [0.1, 0.15) is 12.5 Å². The number of amides is 1. The smallest absolute Gasteiger partial charge is 0.416 e. The molecule has 2 aromatic rings. The van der Waals surface area contributed by atoms with Crippen LogP contribution >= 0.6 is 0 Å². The first-order valence-corrected chi connectivity index (χ1v) is 9.63. The van der Waals surface area contributed by atoms with E-state index in [4.69, 9.17) is 4.74 Å². The summed E-state index contributed by atoms with van der Waals surface area (Å²) in [5, 5.41) is 9.68. The Hall–Kier alpha value is -2.80. The molecule has 7 heteroatoms. The molecular weight excluding hydrogens is 354 g/mol. The van der Waals surface area contributed by atoms with Crippen LogP contribution in [0.15, 0.2) is 60.0 Å². The minimum atomic E-state index is -3.35. The van der Waals surface area contributed by atoms with Gasteiger partial charge in [-0.1, -0.05) is 19.1 Å². The third kappa shape index (κ3) is 4.05. The van der Waals surface area contributed by atoms with Gasteiger partial charge in [0, 0.05) is 0 Å². The van der Waals surface area contributed by atoms with Crippen LogP contribution in [0.5, 0.6) is 5.75 Å². The van der Waals surface area contributed by atoms with E-state index in [1.165, 1.54) is 31.4 Å². The number of hydrogen-bond donors (Lipinski definition) is 1. The highest BCUT2D eigenvalue weighted by Gasteiger charge is 2.22. The Morgan fingerprint density at radius 1 is 1.23 bits per heavy atom. The van der Waals surface area contributed by atoms with Crippen LogP contribution in [0, 0.1) is 0 Å². The molecule has 138 valence electrons. The lowest BCUT2D eigenvalue weighted by Crippen LogP contribution is -2.24. The largest absolute Gasteiger partial charge is 0.495 e. The molecule has 0 atom stereocenters. The van der Waals surface area contributed by atoms with E-state index in [-0.39, 0.29) is 10.6 Å². The van der Waals surface area contributed by atoms with Gasteiger partial charge in [-0.25, -0.2) is 18.1 Å². The third-order valence-electron chi connectivity index (χ3n) is 3.89. The Morgan fingerprint density at radius 2 is 1.88 bits per heavy atom. The average Bonchev–Trinajstić information content (AvgIpc) is 2.63. The quantitative estimate of drug-likeness (QED) is 0.739. The summed E-state index contributed by atoms with van der Waals surface area (Å²) in [7, 11) is -1.88. The Balaban J connectivity index is 2.50. The van der Waals surface area contributed by atoms with Gasteiger partial charge >= 0.3 is 6.09 Å². The first kappa shape index (κ1) is 19.5. The van der Waals surface area contributed by atoms with Crippen molar-refractivity contribution >= 4 is 27.3 Å². The molecule has 1 amide bonds. The predicted octanol–water partition coefficient (Wildman–Crippen LogP) is 4.03. The topological polar surface area (TPSA) is 83.9 Å². The van der Waals surface area contributed by atoms with E-state index in [1.807, 2.05) is 0 Å². The molecule has 0 fully saturated rings. The summed E-state index contributed by atoms with van der Waals surface area (Å²) in [5.74, 6) is 0.380. The zero-order valence-corrected chi connectivity index (χ0v) is 15.5. The number of carbonyl (C=O) groups is 1. The van der Waals surface area contributed by atoms with E-state index in [9.17, 15) is 18.3 Å². The molecule has 0 heterocycles. The second kappa shape index (κ2) is 8.05. The number of hydrogen-bond acceptors (Lipinski definition) is 4. The molecule has 0 aliphatic rings. The third-order valence-corrected chi connectivity index (χ3v) is 5.64. The number of benzene rings is 2. The van der Waals surface area contributed by atoms with Crippen LogP contribution in [0.3, 0.4) is 0 Å². The van der Waals surface area contributed by atoms with Gasteiger partial charge in [0.15, 0.2) is 9.84 Å². The molecule has 6 nitrogen and oxygen atoms in total. The molecule has 0 saturated heterocycles. The molecular formula is C19H21NO5S. The van der Waals surface area contributed by atoms with Gasteiger partial charge in [-0.15, -0.1) is 6.58 Å². The first-order valence-electron chi connectivity index (χ1n) is 7.97. The van der Waals surface area contributed by atoms with E-state index < -0.39 is 15.9 Å². The molecule has 0 spiro atoms. The normalized spacial score (nSPS) is 11.0. The van der Waals surface area contributed by atoms with Crippen molar-refractivity contribution in [3.8, 4) is 5.75 Å². The summed E-state index contributed by atoms with van der Waals surface area (Å²) in [6.07, 6.45) is 1.18. The second-order valence-corrected chi connectivity index (χ2v) is 7.79. The van der Waals surface area contributed by atoms with Gasteiger partial charge in [-0.2, -0.15) is 0 Å². The number of anilines is 2. The van der Waals surface area contributed by atoms with E-state index in [2.05, 4.69) is 6.58 Å². The fourth-order valence-corrected chi connectivity index (χ4v) is 3.41. The van der Waals surface area contributed by atoms with E-state index in [0.717, 1.165) is 10.5 Å². The van der Waals surface area contributed by atoms with E-state index in [0.29, 0.717) is 23.5 Å². The molecule has 2 aromatic carbocycles. The van der Waals surface area contributed by atoms with Gasteiger partial charge in [0.2, 0.25) is 0 Å². The van der Waals surface area contributed by atoms with Crippen molar-refractivity contribution in [1.29, 1.82) is 0 Å². The molecule has 0 saturated carbocycles. The number of carboxylic acid groups (broad SMARTS) is 1. The molecule has 0 radical (unpaired) electrons. The summed E-state index contributed by atoms with van der Waals surface area (Å²) >= 11 is 0. The lowest BCUT2D eigenvalue weighted by molar-refractivity contribution is 0.204. The van der Waals surface area contributed by atoms with Crippen LogP contribution in [0.25, 0.3) is 0 Å². The van der Waals surface area contributed by atoms with Crippen molar-refractivity contribution in [2.24, 2.45) is 0 Å². The number of rotatable bonds is 7. The molecule has 0 aromatic heterocycles. The molecule has 1 N–H and O–H groups in total. The van der Waals surface area contributed by atoms with Crippen LogP contribution in [-0.4, -0.2) is 32.5 Å². The zero-order chi connectivity index (χ0) is 19.3. The number of ether oxygens (including phenoxy) is 1. The maximum Gasteiger partial charge on any atom is 0.416 e. The molecule has 0 unspecified atom stereocenters. The molecule has 0 aliphatic heterocycles. The monoisotopic (exact) mass is 375 g/mol. The second-order valence-electron chi connectivity index (χ2n) is 5.51. The van der Waals surface area contributed by atoms with Gasteiger partial charge in [0.05, 0.1) is 29.1 Å². The lowest BCUT2D eigenvalue weighted by atomic mass is 10.1. The molecule has 0 aliphatic carbocycles. The van der Waals surface area contributed by atoms with Gasteiger partial charge < -0.3 is 9.84 Å². The Bertz CT molecular complexity index is 904. The van der Waals surface area contributed by atoms with Crippen LogP contribution < -0.4 is 9.64 Å². The van der Waals surface area contributed by atoms with E-state index >= 15 is 0 Å². The predicted molar refractivity (Wildman–Crippen MR) is 101 cm³/mol. The summed E-state index contributed by atoms with van der Waals surface area (Å²) in [6.45, 7) is 5.24. The summed E-state index contributed by atoms with van der Waals surface area (Å²) in [4.78, 5) is 13.1. The summed E-state index contributed by atoms with van der Waals surface area (Å²) in [6, 6.07) is 10.9. The average molecular weight is 375 g/mol. The minimum Gasteiger partial charge on any atom is -0.495 e. The van der Waals surface area contributed by atoms with Gasteiger partial charge in [0.25, 0.3) is 0 Å². The number of allylic oxidation sites excluding steroid dienone is 1. The van der Waals surface area contributed by atoms with Crippen LogP contribution in [0.2, 0.25) is 0 Å². The summed E-state index contributed by atoms with van der Waals surface area (Å²) < 4.78 is 29.2. The van der Waals surface area contributed by atoms with Gasteiger partial charge in [-0.05, 0) is 48.4 Å². The van der Waals surface area contributed by atoms with Crippen molar-refractivity contribution in [1.82, 2.24) is 0 Å². The SMILES string of the molecule is C=CCc1ccc(N(C(=O)O)c2ccc(S(=O)(=O)CC)cc2)c(OC)c1. The molecule has 2 rings (SSSR count). The van der Waals surface area contributed by atoms with Crippen LogP contribution in [-0.2, 0) is 16.3 Å². The zero-order valence-electron chi connectivity index (χ0n) is 14.7. The van der Waals surface area contributed by atoms with Crippen molar-refractivity contribution in [2.75, 3.05) is 17.8 Å². The summed E-state index contributed by atoms with van der Waals surface area (Å²) in [5.41, 5.74) is 1.61. The maximum absolute atomic E-state index is 11.9. The Labute approximate surface area is 153 Å².